The third kappa shape index (κ3) is 4.07. The number of nitrogens with one attached hydrogen (secondary N) is 1. The second-order valence-corrected chi connectivity index (χ2v) is 4.95. The van der Waals surface area contributed by atoms with Gasteiger partial charge in [-0.2, -0.15) is 0 Å². The molecule has 0 radical (unpaired) electrons. The zero-order valence-corrected chi connectivity index (χ0v) is 10.6. The highest BCUT2D eigenvalue weighted by molar-refractivity contribution is 5.14. The molecule has 2 unspecified atom stereocenters. The van der Waals surface area contributed by atoms with Gasteiger partial charge in [0.05, 0.1) is 12.7 Å². The fourth-order valence-corrected chi connectivity index (χ4v) is 2.35. The van der Waals surface area contributed by atoms with E-state index in [9.17, 15) is 5.11 Å². The van der Waals surface area contributed by atoms with Crippen LogP contribution in [0.15, 0.2) is 30.3 Å². The van der Waals surface area contributed by atoms with E-state index < -0.39 is 6.10 Å². The van der Waals surface area contributed by atoms with Gasteiger partial charge in [-0.15, -0.1) is 0 Å². The fourth-order valence-electron chi connectivity index (χ4n) is 2.35. The van der Waals surface area contributed by atoms with Crippen LogP contribution in [0.25, 0.3) is 0 Å². The number of nitrogens with zero attached hydrogens (tertiary/aromatic N) is 1. The molecule has 0 saturated carbocycles. The van der Waals surface area contributed by atoms with Crippen LogP contribution in [0.4, 0.5) is 0 Å². The van der Waals surface area contributed by atoms with Crippen LogP contribution in [0.5, 0.6) is 0 Å². The molecule has 1 aromatic rings. The quantitative estimate of drug-likeness (QED) is 0.675. The molecule has 1 heterocycles. The van der Waals surface area contributed by atoms with E-state index in [0.717, 1.165) is 26.1 Å². The molecule has 0 bridgehead atoms. The monoisotopic (exact) mass is 250 g/mol. The smallest absolute Gasteiger partial charge is 0.0895 e. The molecule has 3 N–H and O–H groups in total. The van der Waals surface area contributed by atoms with Crippen LogP contribution >= 0.6 is 0 Å². The second-order valence-electron chi connectivity index (χ2n) is 4.95. The largest absolute Gasteiger partial charge is 0.394 e. The van der Waals surface area contributed by atoms with Crippen LogP contribution in [-0.4, -0.2) is 53.5 Å². The van der Waals surface area contributed by atoms with Gasteiger partial charge in [0.25, 0.3) is 0 Å². The normalized spacial score (nSPS) is 22.2. The van der Waals surface area contributed by atoms with Crippen LogP contribution in [-0.2, 0) is 6.54 Å². The lowest BCUT2D eigenvalue weighted by molar-refractivity contribution is 0.0920. The van der Waals surface area contributed by atoms with Crippen molar-refractivity contribution in [2.24, 2.45) is 0 Å². The van der Waals surface area contributed by atoms with E-state index in [0.29, 0.717) is 12.6 Å². The number of aliphatic hydroxyl groups excluding tert-OH is 2. The standard InChI is InChI=1S/C14H22N2O2/c17-11-14(18)8-15-13-6-7-16(10-13)9-12-4-2-1-3-5-12/h1-5,13-15,17-18H,6-11H2. The highest BCUT2D eigenvalue weighted by Crippen LogP contribution is 2.13. The molecule has 1 aromatic carbocycles. The minimum absolute atomic E-state index is 0.173. The van der Waals surface area contributed by atoms with Crippen molar-refractivity contribution >= 4 is 0 Å². The van der Waals surface area contributed by atoms with Crippen molar-refractivity contribution in [3.8, 4) is 0 Å². The van der Waals surface area contributed by atoms with Gasteiger partial charge in [-0.05, 0) is 12.0 Å². The van der Waals surface area contributed by atoms with E-state index in [4.69, 9.17) is 5.11 Å². The highest BCUT2D eigenvalue weighted by Gasteiger charge is 2.22. The van der Waals surface area contributed by atoms with Gasteiger partial charge in [0.2, 0.25) is 0 Å². The third-order valence-corrected chi connectivity index (χ3v) is 3.37. The van der Waals surface area contributed by atoms with Crippen molar-refractivity contribution in [1.29, 1.82) is 0 Å². The maximum Gasteiger partial charge on any atom is 0.0895 e. The Morgan fingerprint density at radius 1 is 1.33 bits per heavy atom. The number of rotatable bonds is 6. The Bertz CT molecular complexity index is 345. The Kier molecular flexibility index (Phi) is 5.13. The summed E-state index contributed by atoms with van der Waals surface area (Å²) in [5.74, 6) is 0. The van der Waals surface area contributed by atoms with Gasteiger partial charge in [0, 0.05) is 32.2 Å². The molecule has 4 nitrogen and oxygen atoms in total. The van der Waals surface area contributed by atoms with Gasteiger partial charge in [0.1, 0.15) is 0 Å². The number of hydrogen-bond acceptors (Lipinski definition) is 4. The lowest BCUT2D eigenvalue weighted by Crippen LogP contribution is -2.38. The summed E-state index contributed by atoms with van der Waals surface area (Å²) in [5.41, 5.74) is 1.34. The highest BCUT2D eigenvalue weighted by atomic mass is 16.3. The van der Waals surface area contributed by atoms with Crippen molar-refractivity contribution in [1.82, 2.24) is 10.2 Å². The molecule has 0 aromatic heterocycles. The molecule has 0 aliphatic carbocycles. The molecule has 18 heavy (non-hydrogen) atoms. The van der Waals surface area contributed by atoms with Crippen molar-refractivity contribution < 1.29 is 10.2 Å². The first kappa shape index (κ1) is 13.5. The van der Waals surface area contributed by atoms with E-state index in [1.807, 2.05) is 6.07 Å². The first-order valence-electron chi connectivity index (χ1n) is 6.56. The average Bonchev–Trinajstić information content (AvgIpc) is 2.85. The van der Waals surface area contributed by atoms with Crippen LogP contribution in [0.1, 0.15) is 12.0 Å². The Hall–Kier alpha value is -0.940. The molecule has 1 fully saturated rings. The van der Waals surface area contributed by atoms with Crippen LogP contribution < -0.4 is 5.32 Å². The molecule has 2 rings (SSSR count). The van der Waals surface area contributed by atoms with Crippen molar-refractivity contribution in [3.63, 3.8) is 0 Å². The molecule has 0 amide bonds. The van der Waals surface area contributed by atoms with Gasteiger partial charge in [-0.1, -0.05) is 30.3 Å². The minimum Gasteiger partial charge on any atom is -0.394 e. The summed E-state index contributed by atoms with van der Waals surface area (Å²) < 4.78 is 0. The number of likely N-dealkylation sites (tertiary alicyclic amines) is 1. The van der Waals surface area contributed by atoms with Gasteiger partial charge in [-0.3, -0.25) is 4.90 Å². The summed E-state index contributed by atoms with van der Waals surface area (Å²) >= 11 is 0. The lowest BCUT2D eigenvalue weighted by atomic mass is 10.2. The Morgan fingerprint density at radius 2 is 2.11 bits per heavy atom. The van der Waals surface area contributed by atoms with Crippen molar-refractivity contribution in [2.75, 3.05) is 26.2 Å². The van der Waals surface area contributed by atoms with Gasteiger partial charge < -0.3 is 15.5 Å². The van der Waals surface area contributed by atoms with Crippen molar-refractivity contribution in [3.05, 3.63) is 35.9 Å². The molecule has 2 atom stereocenters. The SMILES string of the molecule is OCC(O)CNC1CCN(Cc2ccccc2)C1. The lowest BCUT2D eigenvalue weighted by Gasteiger charge is -2.17. The van der Waals surface area contributed by atoms with Gasteiger partial charge in [-0.25, -0.2) is 0 Å². The summed E-state index contributed by atoms with van der Waals surface area (Å²) in [7, 11) is 0. The third-order valence-electron chi connectivity index (χ3n) is 3.37. The second kappa shape index (κ2) is 6.85. The number of hydrogen-bond donors (Lipinski definition) is 3. The van der Waals surface area contributed by atoms with Crippen LogP contribution in [0.3, 0.4) is 0 Å². The Morgan fingerprint density at radius 3 is 2.83 bits per heavy atom. The molecular weight excluding hydrogens is 228 g/mol. The average molecular weight is 250 g/mol. The van der Waals surface area contributed by atoms with Crippen LogP contribution in [0.2, 0.25) is 0 Å². The van der Waals surface area contributed by atoms with E-state index in [2.05, 4.69) is 34.5 Å². The van der Waals surface area contributed by atoms with Crippen LogP contribution in [0, 0.1) is 0 Å². The van der Waals surface area contributed by atoms with E-state index in [-0.39, 0.29) is 6.61 Å². The van der Waals surface area contributed by atoms with E-state index in [1.54, 1.807) is 0 Å². The van der Waals surface area contributed by atoms with Crippen molar-refractivity contribution in [2.45, 2.75) is 25.1 Å². The first-order chi connectivity index (χ1) is 8.78. The molecular formula is C14H22N2O2. The molecule has 1 aliphatic rings. The summed E-state index contributed by atoms with van der Waals surface area (Å²) in [6, 6.07) is 10.9. The number of aliphatic hydroxyl groups is 2. The fraction of sp³-hybridized carbons (Fsp3) is 0.571. The predicted molar refractivity (Wildman–Crippen MR) is 71.2 cm³/mol. The maximum absolute atomic E-state index is 9.29. The topological polar surface area (TPSA) is 55.7 Å². The van der Waals surface area contributed by atoms with E-state index >= 15 is 0 Å². The predicted octanol–water partition coefficient (Wildman–Crippen LogP) is 0.204. The minimum atomic E-state index is -0.645. The molecule has 4 heteroatoms. The molecule has 1 aliphatic heterocycles. The zero-order chi connectivity index (χ0) is 12.8. The maximum atomic E-state index is 9.29. The summed E-state index contributed by atoms with van der Waals surface area (Å²) in [5, 5.41) is 21.3. The summed E-state index contributed by atoms with van der Waals surface area (Å²) in [4.78, 5) is 2.42. The number of benzene rings is 1. The molecule has 0 spiro atoms. The molecule has 1 saturated heterocycles. The Labute approximate surface area is 108 Å². The Balaban J connectivity index is 1.72. The molecule has 100 valence electrons. The summed E-state index contributed by atoms with van der Waals surface area (Å²) in [6.07, 6.45) is 0.457. The first-order valence-corrected chi connectivity index (χ1v) is 6.56. The van der Waals surface area contributed by atoms with Gasteiger partial charge in [0.15, 0.2) is 0 Å². The van der Waals surface area contributed by atoms with E-state index in [1.165, 1.54) is 5.56 Å². The summed E-state index contributed by atoms with van der Waals surface area (Å²) in [6.45, 7) is 3.38. The zero-order valence-electron chi connectivity index (χ0n) is 10.6. The van der Waals surface area contributed by atoms with Gasteiger partial charge >= 0.3 is 0 Å².